The molecule has 1 unspecified atom stereocenters. The second-order valence-electron chi connectivity index (χ2n) is 6.04. The number of allylic oxidation sites excluding steroid dienone is 1. The van der Waals surface area contributed by atoms with Crippen molar-refractivity contribution in [3.05, 3.63) is 46.5 Å². The number of aromatic nitrogens is 2. The first-order valence-corrected chi connectivity index (χ1v) is 7.89. The molecule has 7 heteroatoms. The minimum atomic E-state index is -0.425. The molecule has 0 bridgehead atoms. The number of hydrogen-bond acceptors (Lipinski definition) is 6. The van der Waals surface area contributed by atoms with Crippen molar-refractivity contribution in [2.75, 3.05) is 14.2 Å². The molecule has 0 amide bonds. The third kappa shape index (κ3) is 2.66. The number of nitrogens with two attached hydrogens (primary N) is 1. The molecule has 2 aromatic rings. The van der Waals surface area contributed by atoms with Gasteiger partial charge in [0.25, 0.3) is 0 Å². The van der Waals surface area contributed by atoms with Crippen LogP contribution in [0.4, 0.5) is 0 Å². The summed E-state index contributed by atoms with van der Waals surface area (Å²) in [6, 6.07) is 7.66. The van der Waals surface area contributed by atoms with Gasteiger partial charge in [-0.15, -0.1) is 5.10 Å². The zero-order valence-corrected chi connectivity index (χ0v) is 14.6. The van der Waals surface area contributed by atoms with Crippen LogP contribution in [0.5, 0.6) is 17.4 Å². The summed E-state index contributed by atoms with van der Waals surface area (Å²) >= 11 is 0. The van der Waals surface area contributed by atoms with E-state index >= 15 is 0 Å². The number of H-pyrrole nitrogens is 1. The highest BCUT2D eigenvalue weighted by molar-refractivity contribution is 5.59. The molecule has 3 N–H and O–H groups in total. The summed E-state index contributed by atoms with van der Waals surface area (Å²) in [6.45, 7) is 4.09. The SMILES string of the molecule is COc1ccc(C2C(C#N)=C(N)Oc3n[nH]c(C(C)C)c32)c(OC)c1. The van der Waals surface area contributed by atoms with Gasteiger partial charge in [-0.25, -0.2) is 0 Å². The van der Waals surface area contributed by atoms with Crippen molar-refractivity contribution in [1.29, 1.82) is 5.26 Å². The lowest BCUT2D eigenvalue weighted by Crippen LogP contribution is -2.21. The summed E-state index contributed by atoms with van der Waals surface area (Å²) in [6.07, 6.45) is 0. The molecule has 7 nitrogen and oxygen atoms in total. The Labute approximate surface area is 146 Å². The van der Waals surface area contributed by atoms with Gasteiger partial charge in [0, 0.05) is 17.3 Å². The van der Waals surface area contributed by atoms with Crippen LogP contribution in [0.15, 0.2) is 29.7 Å². The Balaban J connectivity index is 2.27. The molecule has 130 valence electrons. The molecule has 0 radical (unpaired) electrons. The molecule has 1 aliphatic heterocycles. The average Bonchev–Trinajstić information content (AvgIpc) is 3.03. The summed E-state index contributed by atoms with van der Waals surface area (Å²) in [4.78, 5) is 0. The van der Waals surface area contributed by atoms with E-state index in [9.17, 15) is 5.26 Å². The van der Waals surface area contributed by atoms with Gasteiger partial charge in [-0.05, 0) is 12.0 Å². The maximum atomic E-state index is 9.69. The predicted octanol–water partition coefficient (Wildman–Crippen LogP) is 2.77. The topological polar surface area (TPSA) is 106 Å². The zero-order chi connectivity index (χ0) is 18.1. The number of ether oxygens (including phenoxy) is 3. The third-order valence-corrected chi connectivity index (χ3v) is 4.30. The van der Waals surface area contributed by atoms with Crippen molar-refractivity contribution in [3.63, 3.8) is 0 Å². The monoisotopic (exact) mass is 340 g/mol. The van der Waals surface area contributed by atoms with Crippen molar-refractivity contribution in [2.24, 2.45) is 5.73 Å². The number of nitrogens with one attached hydrogen (secondary N) is 1. The maximum Gasteiger partial charge on any atom is 0.244 e. The number of nitrogens with zero attached hydrogens (tertiary/aromatic N) is 2. The number of nitriles is 1. The third-order valence-electron chi connectivity index (χ3n) is 4.30. The van der Waals surface area contributed by atoms with Crippen LogP contribution in [0.2, 0.25) is 0 Å². The van der Waals surface area contributed by atoms with Gasteiger partial charge in [0.2, 0.25) is 11.8 Å². The van der Waals surface area contributed by atoms with Gasteiger partial charge in [-0.2, -0.15) is 5.26 Å². The van der Waals surface area contributed by atoms with E-state index < -0.39 is 5.92 Å². The molecular weight excluding hydrogens is 320 g/mol. The molecular formula is C18H20N4O3. The molecule has 0 fully saturated rings. The standard InChI is InChI=1S/C18H20N4O3/c1-9(2)16-15-14(11-6-5-10(23-3)7-13(11)24-4)12(8-19)17(20)25-18(15)22-21-16/h5-7,9,14H,20H2,1-4H3,(H,21,22). The predicted molar refractivity (Wildman–Crippen MR) is 91.5 cm³/mol. The molecule has 1 aromatic heterocycles. The summed E-state index contributed by atoms with van der Waals surface area (Å²) < 4.78 is 16.4. The quantitative estimate of drug-likeness (QED) is 0.886. The molecule has 1 aromatic carbocycles. The first-order valence-electron chi connectivity index (χ1n) is 7.89. The molecule has 0 saturated heterocycles. The number of hydrogen-bond donors (Lipinski definition) is 2. The number of aromatic amines is 1. The lowest BCUT2D eigenvalue weighted by atomic mass is 9.82. The fourth-order valence-electron chi connectivity index (χ4n) is 3.08. The summed E-state index contributed by atoms with van der Waals surface area (Å²) in [7, 11) is 3.17. The van der Waals surface area contributed by atoms with Crippen LogP contribution in [0.25, 0.3) is 0 Å². The van der Waals surface area contributed by atoms with Crippen LogP contribution >= 0.6 is 0 Å². The van der Waals surface area contributed by atoms with E-state index in [0.29, 0.717) is 23.0 Å². The largest absolute Gasteiger partial charge is 0.497 e. The van der Waals surface area contributed by atoms with Gasteiger partial charge < -0.3 is 19.9 Å². The molecule has 0 spiro atoms. The van der Waals surface area contributed by atoms with E-state index in [1.807, 2.05) is 26.0 Å². The highest BCUT2D eigenvalue weighted by Crippen LogP contribution is 2.47. The lowest BCUT2D eigenvalue weighted by Gasteiger charge is -2.26. The summed E-state index contributed by atoms with van der Waals surface area (Å²) in [5.41, 5.74) is 8.83. The van der Waals surface area contributed by atoms with Crippen molar-refractivity contribution in [2.45, 2.75) is 25.7 Å². The van der Waals surface area contributed by atoms with E-state index in [1.54, 1.807) is 20.3 Å². The van der Waals surface area contributed by atoms with E-state index in [0.717, 1.165) is 16.8 Å². The minimum Gasteiger partial charge on any atom is -0.497 e. The number of rotatable bonds is 4. The molecule has 3 rings (SSSR count). The van der Waals surface area contributed by atoms with E-state index in [-0.39, 0.29) is 11.8 Å². The van der Waals surface area contributed by atoms with Crippen LogP contribution < -0.4 is 19.9 Å². The molecule has 1 atom stereocenters. The average molecular weight is 340 g/mol. The van der Waals surface area contributed by atoms with E-state index in [4.69, 9.17) is 19.9 Å². The van der Waals surface area contributed by atoms with Crippen molar-refractivity contribution in [3.8, 4) is 23.4 Å². The first-order chi connectivity index (χ1) is 12.0. The van der Waals surface area contributed by atoms with Crippen LogP contribution in [0.3, 0.4) is 0 Å². The fraction of sp³-hybridized carbons (Fsp3) is 0.333. The van der Waals surface area contributed by atoms with Crippen molar-refractivity contribution >= 4 is 0 Å². The highest BCUT2D eigenvalue weighted by atomic mass is 16.5. The van der Waals surface area contributed by atoms with Gasteiger partial charge in [-0.1, -0.05) is 19.9 Å². The maximum absolute atomic E-state index is 9.69. The zero-order valence-electron chi connectivity index (χ0n) is 14.6. The van der Waals surface area contributed by atoms with Gasteiger partial charge in [0.05, 0.1) is 25.7 Å². The number of fused-ring (bicyclic) bond motifs is 1. The Morgan fingerprint density at radius 3 is 2.68 bits per heavy atom. The molecule has 1 aliphatic rings. The molecule has 2 heterocycles. The number of methoxy groups -OCH3 is 2. The fourth-order valence-corrected chi connectivity index (χ4v) is 3.08. The Bertz CT molecular complexity index is 877. The van der Waals surface area contributed by atoms with Crippen LogP contribution in [0, 0.1) is 11.3 Å². The normalized spacial score (nSPS) is 16.2. The minimum absolute atomic E-state index is 0.0553. The van der Waals surface area contributed by atoms with Crippen LogP contribution in [-0.2, 0) is 0 Å². The molecule has 0 saturated carbocycles. The van der Waals surface area contributed by atoms with Crippen molar-refractivity contribution in [1.82, 2.24) is 10.2 Å². The Morgan fingerprint density at radius 1 is 1.32 bits per heavy atom. The smallest absolute Gasteiger partial charge is 0.244 e. The Morgan fingerprint density at radius 2 is 2.08 bits per heavy atom. The van der Waals surface area contributed by atoms with Crippen LogP contribution in [0.1, 0.15) is 42.5 Å². The second kappa shape index (κ2) is 6.40. The van der Waals surface area contributed by atoms with Crippen LogP contribution in [-0.4, -0.2) is 24.4 Å². The van der Waals surface area contributed by atoms with E-state index in [2.05, 4.69) is 16.3 Å². The molecule has 0 aliphatic carbocycles. The van der Waals surface area contributed by atoms with E-state index in [1.165, 1.54) is 0 Å². The summed E-state index contributed by atoms with van der Waals surface area (Å²) in [5, 5.41) is 16.9. The molecule has 25 heavy (non-hydrogen) atoms. The number of benzene rings is 1. The Hall–Kier alpha value is -3.14. The van der Waals surface area contributed by atoms with Gasteiger partial charge >= 0.3 is 0 Å². The van der Waals surface area contributed by atoms with Crippen molar-refractivity contribution < 1.29 is 14.2 Å². The summed E-state index contributed by atoms with van der Waals surface area (Å²) in [5.74, 6) is 1.47. The second-order valence-corrected chi connectivity index (χ2v) is 6.04. The Kier molecular flexibility index (Phi) is 4.28. The highest BCUT2D eigenvalue weighted by Gasteiger charge is 2.37. The van der Waals surface area contributed by atoms with Gasteiger partial charge in [-0.3, -0.25) is 5.10 Å². The van der Waals surface area contributed by atoms with Gasteiger partial charge in [0.15, 0.2) is 0 Å². The lowest BCUT2D eigenvalue weighted by molar-refractivity contribution is 0.372. The van der Waals surface area contributed by atoms with Gasteiger partial charge in [0.1, 0.15) is 23.1 Å². The first kappa shape index (κ1) is 16.7.